The molecule has 2 amide bonds. The van der Waals surface area contributed by atoms with Crippen LogP contribution in [0.4, 0.5) is 15.8 Å². The van der Waals surface area contributed by atoms with Crippen LogP contribution in [0.1, 0.15) is 46.3 Å². The van der Waals surface area contributed by atoms with Crippen LogP contribution in [0, 0.1) is 11.7 Å². The summed E-state index contributed by atoms with van der Waals surface area (Å²) < 4.78 is 15.8. The first kappa shape index (κ1) is 28.6. The van der Waals surface area contributed by atoms with Gasteiger partial charge in [0, 0.05) is 49.0 Å². The fraction of sp³-hybridized carbons (Fsp3) is 0.258. The molecule has 0 saturated carbocycles. The Morgan fingerprint density at radius 2 is 1.85 bits per heavy atom. The van der Waals surface area contributed by atoms with Crippen LogP contribution < -0.4 is 10.2 Å². The monoisotopic (exact) mass is 593 g/mol. The molecule has 1 aliphatic rings. The van der Waals surface area contributed by atoms with Gasteiger partial charge in [0.1, 0.15) is 11.5 Å². The lowest BCUT2D eigenvalue weighted by atomic mass is 10.00. The van der Waals surface area contributed by atoms with Crippen molar-refractivity contribution in [2.45, 2.75) is 26.3 Å². The van der Waals surface area contributed by atoms with Gasteiger partial charge in [0.15, 0.2) is 5.69 Å². The summed E-state index contributed by atoms with van der Waals surface area (Å²) in [6.07, 6.45) is 2.32. The van der Waals surface area contributed by atoms with Gasteiger partial charge in [-0.25, -0.2) is 9.07 Å². The van der Waals surface area contributed by atoms with E-state index in [0.717, 1.165) is 25.2 Å². The Morgan fingerprint density at radius 1 is 1.07 bits per heavy atom. The number of nitrogens with one attached hydrogen (secondary N) is 1. The molecule has 5 rings (SSSR count). The van der Waals surface area contributed by atoms with Crippen molar-refractivity contribution >= 4 is 46.4 Å². The Morgan fingerprint density at radius 3 is 2.59 bits per heavy atom. The number of aromatic nitrogens is 2. The maximum atomic E-state index is 14.4. The van der Waals surface area contributed by atoms with E-state index in [-0.39, 0.29) is 23.5 Å². The van der Waals surface area contributed by atoms with E-state index in [0.29, 0.717) is 27.3 Å². The van der Waals surface area contributed by atoms with Crippen molar-refractivity contribution in [2.24, 2.45) is 5.92 Å². The number of carbonyl (C=O) groups is 2. The van der Waals surface area contributed by atoms with Gasteiger partial charge in [-0.2, -0.15) is 5.10 Å². The van der Waals surface area contributed by atoms with Crippen LogP contribution in [0.3, 0.4) is 0 Å². The van der Waals surface area contributed by atoms with Gasteiger partial charge in [-0.15, -0.1) is 0 Å². The SMILES string of the molecule is CC1CCCN(c2ccc(NC(=O)c3cc(C(=O)N(C)Cc4cc(Cl)ccc4F)n(-c4ccccc4)n3)cc2Cl)C1. The summed E-state index contributed by atoms with van der Waals surface area (Å²) >= 11 is 12.6. The highest BCUT2D eigenvalue weighted by molar-refractivity contribution is 6.33. The molecule has 10 heteroatoms. The van der Waals surface area contributed by atoms with Crippen molar-refractivity contribution in [3.05, 3.63) is 106 Å². The third-order valence-corrected chi connectivity index (χ3v) is 7.66. The summed E-state index contributed by atoms with van der Waals surface area (Å²) in [7, 11) is 1.55. The zero-order valence-electron chi connectivity index (χ0n) is 22.8. The van der Waals surface area contributed by atoms with E-state index >= 15 is 0 Å². The summed E-state index contributed by atoms with van der Waals surface area (Å²) in [6, 6.07) is 20.1. The van der Waals surface area contributed by atoms with Crippen LogP contribution in [0.2, 0.25) is 10.0 Å². The summed E-state index contributed by atoms with van der Waals surface area (Å²) in [5.41, 5.74) is 2.53. The molecule has 1 fully saturated rings. The minimum atomic E-state index is -0.493. The fourth-order valence-corrected chi connectivity index (χ4v) is 5.54. The van der Waals surface area contributed by atoms with Crippen molar-refractivity contribution in [3.8, 4) is 5.69 Å². The predicted octanol–water partition coefficient (Wildman–Crippen LogP) is 7.08. The van der Waals surface area contributed by atoms with Crippen molar-refractivity contribution < 1.29 is 14.0 Å². The fourth-order valence-electron chi connectivity index (χ4n) is 5.04. The Hall–Kier alpha value is -3.88. The molecule has 212 valence electrons. The molecule has 3 aromatic carbocycles. The van der Waals surface area contributed by atoms with E-state index in [4.69, 9.17) is 23.2 Å². The number of hydrogen-bond acceptors (Lipinski definition) is 4. The number of nitrogens with zero attached hydrogens (tertiary/aromatic N) is 4. The van der Waals surface area contributed by atoms with Gasteiger partial charge in [-0.1, -0.05) is 48.3 Å². The maximum absolute atomic E-state index is 14.4. The predicted molar refractivity (Wildman–Crippen MR) is 161 cm³/mol. The van der Waals surface area contributed by atoms with Gasteiger partial charge in [0.25, 0.3) is 11.8 Å². The first-order chi connectivity index (χ1) is 19.7. The first-order valence-corrected chi connectivity index (χ1v) is 14.2. The molecule has 1 aliphatic heterocycles. The standard InChI is InChI=1S/C31H30Cl2FN5O2/c1-20-7-6-14-38(18-20)28-13-11-23(16-25(28)33)35-30(40)27-17-29(39(36-27)24-8-4-3-5-9-24)31(41)37(2)19-21-15-22(32)10-12-26(21)34/h3-5,8-13,15-17,20H,6-7,14,18-19H2,1-2H3,(H,35,40). The van der Waals surface area contributed by atoms with Crippen LogP contribution in [-0.4, -0.2) is 46.6 Å². The number of rotatable bonds is 7. The smallest absolute Gasteiger partial charge is 0.276 e. The topological polar surface area (TPSA) is 70.5 Å². The van der Waals surface area contributed by atoms with E-state index in [1.165, 1.54) is 40.3 Å². The number of para-hydroxylation sites is 1. The average Bonchev–Trinajstić information content (AvgIpc) is 3.41. The lowest BCUT2D eigenvalue weighted by Crippen LogP contribution is -2.34. The van der Waals surface area contributed by atoms with E-state index < -0.39 is 17.6 Å². The van der Waals surface area contributed by atoms with E-state index in [1.807, 2.05) is 30.3 Å². The quantitative estimate of drug-likeness (QED) is 0.248. The van der Waals surface area contributed by atoms with Gasteiger partial charge in [0.05, 0.1) is 16.4 Å². The van der Waals surface area contributed by atoms with Crippen LogP contribution in [0.15, 0.2) is 72.8 Å². The molecule has 1 aromatic heterocycles. The molecule has 1 N–H and O–H groups in total. The number of piperidine rings is 1. The Balaban J connectivity index is 1.39. The highest BCUT2D eigenvalue weighted by Gasteiger charge is 2.24. The van der Waals surface area contributed by atoms with Gasteiger partial charge >= 0.3 is 0 Å². The van der Waals surface area contributed by atoms with Crippen molar-refractivity contribution in [3.63, 3.8) is 0 Å². The molecular weight excluding hydrogens is 564 g/mol. The summed E-state index contributed by atoms with van der Waals surface area (Å²) in [5, 5.41) is 8.23. The van der Waals surface area contributed by atoms with Crippen molar-refractivity contribution in [2.75, 3.05) is 30.4 Å². The van der Waals surface area contributed by atoms with Crippen molar-refractivity contribution in [1.82, 2.24) is 14.7 Å². The second-order valence-corrected chi connectivity index (χ2v) is 11.2. The Kier molecular flexibility index (Phi) is 8.61. The lowest BCUT2D eigenvalue weighted by Gasteiger charge is -2.33. The highest BCUT2D eigenvalue weighted by Crippen LogP contribution is 2.32. The largest absolute Gasteiger partial charge is 0.370 e. The number of anilines is 2. The third-order valence-electron chi connectivity index (χ3n) is 7.13. The number of halogens is 3. The molecule has 1 unspecified atom stereocenters. The van der Waals surface area contributed by atoms with Gasteiger partial charge in [0.2, 0.25) is 0 Å². The number of benzene rings is 3. The second kappa shape index (κ2) is 12.3. The van der Waals surface area contributed by atoms with Crippen LogP contribution in [0.5, 0.6) is 0 Å². The molecule has 2 heterocycles. The van der Waals surface area contributed by atoms with E-state index in [9.17, 15) is 14.0 Å². The zero-order chi connectivity index (χ0) is 29.1. The highest BCUT2D eigenvalue weighted by atomic mass is 35.5. The molecule has 0 aliphatic carbocycles. The molecule has 41 heavy (non-hydrogen) atoms. The molecule has 1 saturated heterocycles. The molecule has 4 aromatic rings. The zero-order valence-corrected chi connectivity index (χ0v) is 24.3. The maximum Gasteiger partial charge on any atom is 0.276 e. The van der Waals surface area contributed by atoms with Crippen LogP contribution in [0.25, 0.3) is 5.69 Å². The number of hydrogen-bond donors (Lipinski definition) is 1. The van der Waals surface area contributed by atoms with Crippen LogP contribution in [-0.2, 0) is 6.54 Å². The normalized spacial score (nSPS) is 15.0. The Labute approximate surface area is 248 Å². The molecule has 1 atom stereocenters. The molecule has 0 spiro atoms. The van der Waals surface area contributed by atoms with Crippen molar-refractivity contribution in [1.29, 1.82) is 0 Å². The van der Waals surface area contributed by atoms with Crippen LogP contribution >= 0.6 is 23.2 Å². The van der Waals surface area contributed by atoms with E-state index in [1.54, 1.807) is 25.2 Å². The van der Waals surface area contributed by atoms with E-state index in [2.05, 4.69) is 22.2 Å². The minimum absolute atomic E-state index is 0.0205. The molecule has 0 bridgehead atoms. The summed E-state index contributed by atoms with van der Waals surface area (Å²) in [6.45, 7) is 4.10. The molecule has 7 nitrogen and oxygen atoms in total. The summed E-state index contributed by atoms with van der Waals surface area (Å²) in [5.74, 6) is -0.805. The molecule has 0 radical (unpaired) electrons. The summed E-state index contributed by atoms with van der Waals surface area (Å²) in [4.78, 5) is 30.5. The first-order valence-electron chi connectivity index (χ1n) is 13.4. The number of carbonyl (C=O) groups excluding carboxylic acids is 2. The Bertz CT molecular complexity index is 1580. The number of amides is 2. The average molecular weight is 595 g/mol. The lowest BCUT2D eigenvalue weighted by molar-refractivity contribution is 0.0774. The molecular formula is C31H30Cl2FN5O2. The van der Waals surface area contributed by atoms with Gasteiger partial charge < -0.3 is 15.1 Å². The van der Waals surface area contributed by atoms with Gasteiger partial charge in [-0.3, -0.25) is 9.59 Å². The van der Waals surface area contributed by atoms with Gasteiger partial charge in [-0.05, 0) is 67.3 Å². The third kappa shape index (κ3) is 6.55. The second-order valence-electron chi connectivity index (χ2n) is 10.4. The minimum Gasteiger partial charge on any atom is -0.370 e.